The minimum Gasteiger partial charge on any atom is -0.391 e. The van der Waals surface area contributed by atoms with Crippen molar-refractivity contribution < 1.29 is 0 Å². The minimum absolute atomic E-state index is 0.637. The molecule has 0 amide bonds. The van der Waals surface area contributed by atoms with Gasteiger partial charge in [-0.3, -0.25) is 4.90 Å². The van der Waals surface area contributed by atoms with E-state index in [9.17, 15) is 0 Å². The average Bonchev–Trinajstić information content (AvgIpc) is 3.05. The molecule has 1 fully saturated rings. The summed E-state index contributed by atoms with van der Waals surface area (Å²) in [6.07, 6.45) is 4.71. The van der Waals surface area contributed by atoms with Crippen molar-refractivity contribution in [1.29, 1.82) is 0 Å². The maximum absolute atomic E-state index is 5.03. The Bertz CT molecular complexity index is 843. The van der Waals surface area contributed by atoms with Crippen LogP contribution in [0.3, 0.4) is 0 Å². The van der Waals surface area contributed by atoms with Crippen molar-refractivity contribution in [2.75, 3.05) is 13.6 Å². The first-order chi connectivity index (χ1) is 12.7. The molecule has 2 bridgehead atoms. The second kappa shape index (κ2) is 7.16. The number of rotatable bonds is 6. The molecular formula is C22H29N3S. The van der Waals surface area contributed by atoms with E-state index in [0.717, 1.165) is 31.3 Å². The van der Waals surface area contributed by atoms with Crippen molar-refractivity contribution in [2.45, 2.75) is 58.5 Å². The van der Waals surface area contributed by atoms with Gasteiger partial charge in [0, 0.05) is 30.4 Å². The SMILES string of the molecule is CCC/C(NC)=C(\C1=C(C)C2CC(C1)N2CC)c1nc2ccccc2s1. The Hall–Kier alpha value is -1.65. The van der Waals surface area contributed by atoms with E-state index in [1.54, 1.807) is 11.1 Å². The van der Waals surface area contributed by atoms with Crippen LogP contribution in [0.4, 0.5) is 0 Å². The van der Waals surface area contributed by atoms with Crippen LogP contribution >= 0.6 is 11.3 Å². The largest absolute Gasteiger partial charge is 0.391 e. The number of likely N-dealkylation sites (N-methyl/N-ethyl adjacent to an activating group) is 1. The molecular weight excluding hydrogens is 338 g/mol. The number of benzene rings is 1. The van der Waals surface area contributed by atoms with Gasteiger partial charge < -0.3 is 5.32 Å². The average molecular weight is 368 g/mol. The fourth-order valence-electron chi connectivity index (χ4n) is 4.69. The van der Waals surface area contributed by atoms with Gasteiger partial charge in [-0.15, -0.1) is 11.3 Å². The molecule has 1 N–H and O–H groups in total. The summed E-state index contributed by atoms with van der Waals surface area (Å²) in [4.78, 5) is 7.69. The monoisotopic (exact) mass is 367 g/mol. The molecule has 0 radical (unpaired) electrons. The second-order valence-corrected chi connectivity index (χ2v) is 8.47. The smallest absolute Gasteiger partial charge is 0.126 e. The van der Waals surface area contributed by atoms with E-state index in [4.69, 9.17) is 4.98 Å². The predicted octanol–water partition coefficient (Wildman–Crippen LogP) is 5.21. The Morgan fingerprint density at radius 3 is 2.77 bits per heavy atom. The van der Waals surface area contributed by atoms with Crippen molar-refractivity contribution in [3.05, 3.63) is 46.1 Å². The van der Waals surface area contributed by atoms with E-state index >= 15 is 0 Å². The predicted molar refractivity (Wildman–Crippen MR) is 112 cm³/mol. The molecule has 1 aliphatic carbocycles. The maximum Gasteiger partial charge on any atom is 0.126 e. The van der Waals surface area contributed by atoms with E-state index in [-0.39, 0.29) is 0 Å². The fourth-order valence-corrected chi connectivity index (χ4v) is 5.76. The maximum atomic E-state index is 5.03. The van der Waals surface area contributed by atoms with Crippen LogP contribution in [0.25, 0.3) is 15.8 Å². The highest BCUT2D eigenvalue weighted by Gasteiger charge is 2.44. The molecule has 2 unspecified atom stereocenters. The van der Waals surface area contributed by atoms with Gasteiger partial charge in [0.1, 0.15) is 5.01 Å². The quantitative estimate of drug-likeness (QED) is 0.759. The molecule has 2 aromatic rings. The first kappa shape index (κ1) is 17.7. The second-order valence-electron chi connectivity index (χ2n) is 7.44. The molecule has 5 rings (SSSR count). The molecule has 3 nitrogen and oxygen atoms in total. The van der Waals surface area contributed by atoms with E-state index in [2.05, 4.69) is 62.3 Å². The molecule has 0 spiro atoms. The lowest BCUT2D eigenvalue weighted by molar-refractivity contribution is 0.0309. The van der Waals surface area contributed by atoms with E-state index in [1.165, 1.54) is 27.4 Å². The van der Waals surface area contributed by atoms with Crippen molar-refractivity contribution in [1.82, 2.24) is 15.2 Å². The molecule has 0 saturated carbocycles. The van der Waals surface area contributed by atoms with Crippen molar-refractivity contribution in [3.63, 3.8) is 0 Å². The van der Waals surface area contributed by atoms with Gasteiger partial charge in [-0.2, -0.15) is 0 Å². The lowest BCUT2D eigenvalue weighted by Crippen LogP contribution is -2.59. The Morgan fingerprint density at radius 2 is 2.12 bits per heavy atom. The Morgan fingerprint density at radius 1 is 1.31 bits per heavy atom. The minimum atomic E-state index is 0.637. The molecule has 138 valence electrons. The Labute approximate surface area is 160 Å². The number of fused-ring (bicyclic) bond motifs is 2. The molecule has 2 aliphatic heterocycles. The number of hydrogen-bond donors (Lipinski definition) is 1. The molecule has 2 atom stereocenters. The summed E-state index contributed by atoms with van der Waals surface area (Å²) in [5, 5.41) is 4.70. The summed E-state index contributed by atoms with van der Waals surface area (Å²) < 4.78 is 1.28. The third-order valence-corrected chi connectivity index (χ3v) is 7.11. The van der Waals surface area contributed by atoms with Crippen molar-refractivity contribution >= 4 is 27.1 Å². The summed E-state index contributed by atoms with van der Waals surface area (Å²) in [5.41, 5.74) is 6.97. The Balaban J connectivity index is 1.86. The van der Waals surface area contributed by atoms with Gasteiger partial charge in [0.25, 0.3) is 0 Å². The number of hydrogen-bond acceptors (Lipinski definition) is 4. The van der Waals surface area contributed by atoms with Gasteiger partial charge in [0.05, 0.1) is 10.2 Å². The standard InChI is InChI=1S/C22H29N3S/c1-5-9-18(23-4)21(22-24-17-10-7-8-11-20(17)26-22)16-12-15-13-19(14(16)3)25(15)6-2/h7-8,10-11,15,19,23H,5-6,9,12-13H2,1-4H3/b21-18-. The first-order valence-electron chi connectivity index (χ1n) is 9.90. The first-order valence-corrected chi connectivity index (χ1v) is 10.7. The summed E-state index contributed by atoms with van der Waals surface area (Å²) >= 11 is 1.84. The summed E-state index contributed by atoms with van der Waals surface area (Å²) in [6.45, 7) is 8.06. The van der Waals surface area contributed by atoms with Crippen LogP contribution in [-0.2, 0) is 0 Å². The van der Waals surface area contributed by atoms with Crippen LogP contribution in [0.15, 0.2) is 41.1 Å². The van der Waals surface area contributed by atoms with Gasteiger partial charge >= 0.3 is 0 Å². The zero-order valence-corrected chi connectivity index (χ0v) is 17.1. The molecule has 3 heterocycles. The number of nitrogens with one attached hydrogen (secondary N) is 1. The van der Waals surface area contributed by atoms with Crippen molar-refractivity contribution in [3.8, 4) is 0 Å². The molecule has 3 aliphatic rings. The van der Waals surface area contributed by atoms with Crippen LogP contribution < -0.4 is 5.32 Å². The zero-order valence-electron chi connectivity index (χ0n) is 16.3. The molecule has 26 heavy (non-hydrogen) atoms. The van der Waals surface area contributed by atoms with Crippen LogP contribution in [0.2, 0.25) is 0 Å². The third kappa shape index (κ3) is 2.80. The third-order valence-electron chi connectivity index (χ3n) is 6.06. The lowest BCUT2D eigenvalue weighted by Gasteiger charge is -2.54. The normalized spacial score (nSPS) is 23.8. The van der Waals surface area contributed by atoms with Gasteiger partial charge in [0.15, 0.2) is 0 Å². The van der Waals surface area contributed by atoms with E-state index in [1.807, 2.05) is 11.3 Å². The zero-order chi connectivity index (χ0) is 18.3. The Kier molecular flexibility index (Phi) is 4.89. The fraction of sp³-hybridized carbons (Fsp3) is 0.500. The topological polar surface area (TPSA) is 28.2 Å². The van der Waals surface area contributed by atoms with Gasteiger partial charge in [0.2, 0.25) is 0 Å². The highest BCUT2D eigenvalue weighted by Crippen LogP contribution is 2.47. The summed E-state index contributed by atoms with van der Waals surface area (Å²) in [5.74, 6) is 0. The molecule has 1 aromatic carbocycles. The van der Waals surface area contributed by atoms with Gasteiger partial charge in [-0.05, 0) is 50.4 Å². The van der Waals surface area contributed by atoms with Crippen LogP contribution in [0.5, 0.6) is 0 Å². The summed E-state index contributed by atoms with van der Waals surface area (Å²) in [7, 11) is 2.07. The number of thiazole rings is 1. The van der Waals surface area contributed by atoms with Crippen molar-refractivity contribution in [2.24, 2.45) is 0 Å². The van der Waals surface area contributed by atoms with Crippen LogP contribution in [0.1, 0.15) is 51.5 Å². The van der Waals surface area contributed by atoms with E-state index < -0.39 is 0 Å². The van der Waals surface area contributed by atoms with E-state index in [0.29, 0.717) is 12.1 Å². The number of aromatic nitrogens is 1. The lowest BCUT2D eigenvalue weighted by atomic mass is 9.73. The van der Waals surface area contributed by atoms with Crippen LogP contribution in [-0.4, -0.2) is 35.6 Å². The highest BCUT2D eigenvalue weighted by molar-refractivity contribution is 7.19. The molecule has 1 aromatic heterocycles. The number of nitrogens with zero attached hydrogens (tertiary/aromatic N) is 2. The number of para-hydroxylation sites is 1. The van der Waals surface area contributed by atoms with Gasteiger partial charge in [-0.1, -0.05) is 38.0 Å². The molecule has 1 saturated heterocycles. The van der Waals surface area contributed by atoms with Crippen LogP contribution in [0, 0.1) is 0 Å². The molecule has 4 heteroatoms. The highest BCUT2D eigenvalue weighted by atomic mass is 32.1. The number of allylic oxidation sites excluding steroid dienone is 2. The summed E-state index contributed by atoms with van der Waals surface area (Å²) in [6, 6.07) is 9.86. The van der Waals surface area contributed by atoms with Gasteiger partial charge in [-0.25, -0.2) is 4.98 Å².